The number of rotatable bonds is 2. The Balaban J connectivity index is 1.76. The molecule has 0 atom stereocenters. The van der Waals surface area contributed by atoms with Crippen molar-refractivity contribution in [2.24, 2.45) is 0 Å². The molecule has 1 heterocycles. The quantitative estimate of drug-likeness (QED) is 0.489. The molecule has 0 aliphatic rings. The molecular formula is C18H11Cl2N3. The minimum absolute atomic E-state index is 0.633. The van der Waals surface area contributed by atoms with Crippen LogP contribution in [0.1, 0.15) is 0 Å². The van der Waals surface area contributed by atoms with Gasteiger partial charge in [-0.15, -0.1) is 10.2 Å². The molecule has 0 N–H and O–H groups in total. The Bertz CT molecular complexity index is 938. The summed E-state index contributed by atoms with van der Waals surface area (Å²) >= 11 is 12.5. The molecule has 5 heteroatoms. The van der Waals surface area contributed by atoms with Crippen LogP contribution in [0.25, 0.3) is 27.8 Å². The zero-order valence-corrected chi connectivity index (χ0v) is 13.5. The van der Waals surface area contributed by atoms with E-state index in [2.05, 4.69) is 10.2 Å². The van der Waals surface area contributed by atoms with Gasteiger partial charge in [0.05, 0.1) is 5.69 Å². The molecule has 0 saturated carbocycles. The van der Waals surface area contributed by atoms with E-state index in [0.717, 1.165) is 27.8 Å². The predicted octanol–water partition coefficient (Wildman–Crippen LogP) is 5.39. The zero-order chi connectivity index (χ0) is 15.8. The average Bonchev–Trinajstić information content (AvgIpc) is 2.99. The number of hydrogen-bond acceptors (Lipinski definition) is 2. The van der Waals surface area contributed by atoms with E-state index in [1.807, 2.05) is 66.7 Å². The number of halogens is 2. The molecule has 0 aliphatic heterocycles. The molecule has 0 unspecified atom stereocenters. The van der Waals surface area contributed by atoms with E-state index in [4.69, 9.17) is 23.2 Å². The Morgan fingerprint density at radius 1 is 0.652 bits per heavy atom. The smallest absolute Gasteiger partial charge is 0.113 e. The Morgan fingerprint density at radius 2 is 1.22 bits per heavy atom. The highest BCUT2D eigenvalue weighted by Gasteiger charge is 2.09. The van der Waals surface area contributed by atoms with Crippen LogP contribution >= 0.6 is 23.2 Å². The summed E-state index contributed by atoms with van der Waals surface area (Å²) in [4.78, 5) is 1.63. The summed E-state index contributed by atoms with van der Waals surface area (Å²) in [7, 11) is 0. The summed E-state index contributed by atoms with van der Waals surface area (Å²) < 4.78 is 0. The second kappa shape index (κ2) is 5.69. The van der Waals surface area contributed by atoms with Crippen LogP contribution < -0.4 is 0 Å². The van der Waals surface area contributed by atoms with Crippen LogP contribution in [-0.4, -0.2) is 15.0 Å². The Morgan fingerprint density at radius 3 is 1.78 bits per heavy atom. The van der Waals surface area contributed by atoms with Gasteiger partial charge in [0, 0.05) is 15.6 Å². The highest BCUT2D eigenvalue weighted by molar-refractivity contribution is 6.39. The standard InChI is InChI=1S/C18H11Cl2N3/c19-14-4-3-5-15(20)18(14)12-8-10-13(11-9-12)23-21-16-6-1-2-7-17(16)22-23/h1-11H. The minimum atomic E-state index is 0.633. The molecule has 0 radical (unpaired) electrons. The van der Waals surface area contributed by atoms with E-state index in [-0.39, 0.29) is 0 Å². The van der Waals surface area contributed by atoms with Gasteiger partial charge in [0.15, 0.2) is 0 Å². The van der Waals surface area contributed by atoms with Crippen LogP contribution in [0.5, 0.6) is 0 Å². The van der Waals surface area contributed by atoms with E-state index in [1.165, 1.54) is 0 Å². The lowest BCUT2D eigenvalue weighted by Gasteiger charge is -2.08. The van der Waals surface area contributed by atoms with Crippen molar-refractivity contribution >= 4 is 34.2 Å². The van der Waals surface area contributed by atoms with Crippen LogP contribution in [0.4, 0.5) is 0 Å². The summed E-state index contributed by atoms with van der Waals surface area (Å²) in [6, 6.07) is 21.1. The van der Waals surface area contributed by atoms with Crippen molar-refractivity contribution in [3.05, 3.63) is 76.8 Å². The minimum Gasteiger partial charge on any atom is -0.150 e. The van der Waals surface area contributed by atoms with Crippen molar-refractivity contribution in [3.63, 3.8) is 0 Å². The molecular weight excluding hydrogens is 329 g/mol. The first-order valence-electron chi connectivity index (χ1n) is 7.09. The number of hydrogen-bond donors (Lipinski definition) is 0. The van der Waals surface area contributed by atoms with Gasteiger partial charge < -0.3 is 0 Å². The third-order valence-corrected chi connectivity index (χ3v) is 4.27. The molecule has 0 fully saturated rings. The monoisotopic (exact) mass is 339 g/mol. The fourth-order valence-corrected chi connectivity index (χ4v) is 3.13. The van der Waals surface area contributed by atoms with E-state index in [0.29, 0.717) is 10.0 Å². The fraction of sp³-hybridized carbons (Fsp3) is 0. The molecule has 3 aromatic carbocycles. The molecule has 0 bridgehead atoms. The van der Waals surface area contributed by atoms with Crippen molar-refractivity contribution in [1.29, 1.82) is 0 Å². The van der Waals surface area contributed by atoms with Gasteiger partial charge >= 0.3 is 0 Å². The molecule has 4 aromatic rings. The van der Waals surface area contributed by atoms with E-state index in [1.54, 1.807) is 4.80 Å². The molecule has 4 rings (SSSR count). The summed E-state index contributed by atoms with van der Waals surface area (Å²) in [6.45, 7) is 0. The van der Waals surface area contributed by atoms with E-state index >= 15 is 0 Å². The number of fused-ring (bicyclic) bond motifs is 1. The molecule has 23 heavy (non-hydrogen) atoms. The number of aromatic nitrogens is 3. The van der Waals surface area contributed by atoms with Crippen molar-refractivity contribution in [3.8, 4) is 16.8 Å². The van der Waals surface area contributed by atoms with Crippen molar-refractivity contribution in [1.82, 2.24) is 15.0 Å². The molecule has 0 aliphatic carbocycles. The van der Waals surface area contributed by atoms with Crippen LogP contribution in [-0.2, 0) is 0 Å². The van der Waals surface area contributed by atoms with Crippen LogP contribution in [0.15, 0.2) is 66.7 Å². The van der Waals surface area contributed by atoms with Gasteiger partial charge in [-0.1, -0.05) is 53.5 Å². The molecule has 0 spiro atoms. The summed E-state index contributed by atoms with van der Waals surface area (Å²) in [6.07, 6.45) is 0. The molecule has 0 saturated heterocycles. The first kappa shape index (κ1) is 14.2. The Hall–Kier alpha value is -2.36. The normalized spacial score (nSPS) is 11.0. The fourth-order valence-electron chi connectivity index (χ4n) is 2.51. The third kappa shape index (κ3) is 2.58. The first-order valence-corrected chi connectivity index (χ1v) is 7.85. The van der Waals surface area contributed by atoms with E-state index < -0.39 is 0 Å². The lowest BCUT2D eigenvalue weighted by molar-refractivity contribution is 0.766. The Labute approximate surface area is 143 Å². The summed E-state index contributed by atoms with van der Waals surface area (Å²) in [5, 5.41) is 10.2. The lowest BCUT2D eigenvalue weighted by Crippen LogP contribution is -1.98. The van der Waals surface area contributed by atoms with Crippen molar-refractivity contribution in [2.45, 2.75) is 0 Å². The predicted molar refractivity (Wildman–Crippen MR) is 94.3 cm³/mol. The third-order valence-electron chi connectivity index (χ3n) is 3.64. The van der Waals surface area contributed by atoms with Crippen LogP contribution in [0.2, 0.25) is 10.0 Å². The Kier molecular flexibility index (Phi) is 3.52. The maximum atomic E-state index is 6.26. The van der Waals surface area contributed by atoms with Gasteiger partial charge in [0.1, 0.15) is 11.0 Å². The second-order valence-electron chi connectivity index (χ2n) is 5.12. The van der Waals surface area contributed by atoms with Gasteiger partial charge in [-0.2, -0.15) is 4.80 Å². The van der Waals surface area contributed by atoms with Crippen molar-refractivity contribution in [2.75, 3.05) is 0 Å². The summed E-state index contributed by atoms with van der Waals surface area (Å²) in [5.74, 6) is 0. The number of nitrogens with zero attached hydrogens (tertiary/aromatic N) is 3. The van der Waals surface area contributed by atoms with Crippen LogP contribution in [0.3, 0.4) is 0 Å². The topological polar surface area (TPSA) is 30.7 Å². The van der Waals surface area contributed by atoms with Crippen molar-refractivity contribution < 1.29 is 0 Å². The molecule has 112 valence electrons. The highest BCUT2D eigenvalue weighted by Crippen LogP contribution is 2.34. The molecule has 1 aromatic heterocycles. The maximum Gasteiger partial charge on any atom is 0.113 e. The highest BCUT2D eigenvalue weighted by atomic mass is 35.5. The summed E-state index contributed by atoms with van der Waals surface area (Å²) in [5.41, 5.74) is 4.41. The maximum absolute atomic E-state index is 6.26. The van der Waals surface area contributed by atoms with Gasteiger partial charge in [0.2, 0.25) is 0 Å². The first-order chi connectivity index (χ1) is 11.2. The average molecular weight is 340 g/mol. The molecule has 3 nitrogen and oxygen atoms in total. The molecule has 0 amide bonds. The zero-order valence-electron chi connectivity index (χ0n) is 11.9. The van der Waals surface area contributed by atoms with E-state index in [9.17, 15) is 0 Å². The van der Waals surface area contributed by atoms with Gasteiger partial charge in [0.25, 0.3) is 0 Å². The largest absolute Gasteiger partial charge is 0.150 e. The van der Waals surface area contributed by atoms with Gasteiger partial charge in [-0.25, -0.2) is 0 Å². The second-order valence-corrected chi connectivity index (χ2v) is 5.94. The van der Waals surface area contributed by atoms with Crippen LogP contribution in [0, 0.1) is 0 Å². The van der Waals surface area contributed by atoms with Gasteiger partial charge in [-0.05, 0) is 42.0 Å². The lowest BCUT2D eigenvalue weighted by atomic mass is 10.1. The van der Waals surface area contributed by atoms with Gasteiger partial charge in [-0.3, -0.25) is 0 Å². The SMILES string of the molecule is Clc1cccc(Cl)c1-c1ccc(-n2nc3ccccc3n2)cc1. The number of benzene rings is 3.